The predicted molar refractivity (Wildman–Crippen MR) is 238 cm³/mol. The Bertz CT molecular complexity index is 2320. The minimum Gasteiger partial charge on any atom is -0.304 e. The summed E-state index contributed by atoms with van der Waals surface area (Å²) >= 11 is 1.92. The standard InChI is InChI=1S/C28H24S.C13H11N.C8H10.C2H5N/c1-19-13-15-20(16-14-19)22-17-18-24-23-11-7-8-12-25(23)29-27(24)26(22)28(2,3)21-9-5-4-6-10-21;14-13(11-7-3-1-4-8-11)12-9-5-2-6-10-12;1-2-8-6-4-3-5-7-8;1-3-2/h4-18H,1-3H3;1-10,14H;3-7H,2H2,1H3;1H2,2H3. The zero-order valence-corrected chi connectivity index (χ0v) is 32.9. The number of hydrogen-bond acceptors (Lipinski definition) is 3. The lowest BCUT2D eigenvalue weighted by molar-refractivity contribution is 0.649. The molecule has 270 valence electrons. The Hall–Kier alpha value is -5.90. The molecule has 0 atom stereocenters. The number of aryl methyl sites for hydroxylation is 2. The predicted octanol–water partition coefficient (Wildman–Crippen LogP) is 14.0. The van der Waals surface area contributed by atoms with Crippen molar-refractivity contribution in [2.45, 2.75) is 39.5 Å². The molecule has 0 amide bonds. The summed E-state index contributed by atoms with van der Waals surface area (Å²) in [5.41, 5.74) is 10.5. The van der Waals surface area contributed by atoms with Crippen molar-refractivity contribution in [3.8, 4) is 11.1 Å². The zero-order chi connectivity index (χ0) is 38.3. The maximum atomic E-state index is 7.97. The first-order valence-corrected chi connectivity index (χ1v) is 19.3. The molecule has 0 saturated carbocycles. The second-order valence-electron chi connectivity index (χ2n) is 13.6. The summed E-state index contributed by atoms with van der Waals surface area (Å²) in [6.07, 6.45) is 1.14. The number of aliphatic imine (C=N–C) groups is 1. The molecule has 0 fully saturated rings. The molecular formula is C51H50N2S. The summed E-state index contributed by atoms with van der Waals surface area (Å²) in [6.45, 7) is 12.1. The molecule has 3 heteroatoms. The lowest BCUT2D eigenvalue weighted by atomic mass is 9.74. The van der Waals surface area contributed by atoms with Gasteiger partial charge < -0.3 is 4.99 Å². The molecule has 0 aliphatic rings. The number of nitrogens with one attached hydrogen (secondary N) is 1. The average molecular weight is 723 g/mol. The van der Waals surface area contributed by atoms with E-state index >= 15 is 0 Å². The molecule has 0 aliphatic carbocycles. The van der Waals surface area contributed by atoms with Gasteiger partial charge >= 0.3 is 0 Å². The Morgan fingerprint density at radius 3 is 1.61 bits per heavy atom. The minimum atomic E-state index is -0.109. The van der Waals surface area contributed by atoms with E-state index in [1.54, 1.807) is 7.05 Å². The topological polar surface area (TPSA) is 36.2 Å². The van der Waals surface area contributed by atoms with Crippen molar-refractivity contribution in [1.29, 1.82) is 5.41 Å². The molecule has 0 unspecified atom stereocenters. The minimum absolute atomic E-state index is 0.109. The van der Waals surface area contributed by atoms with Crippen LogP contribution in [0.3, 0.4) is 0 Å². The van der Waals surface area contributed by atoms with E-state index in [1.807, 2.05) is 78.1 Å². The monoisotopic (exact) mass is 722 g/mol. The Kier molecular flexibility index (Phi) is 14.0. The van der Waals surface area contributed by atoms with Crippen LogP contribution in [-0.4, -0.2) is 19.5 Å². The van der Waals surface area contributed by atoms with E-state index in [-0.39, 0.29) is 5.41 Å². The van der Waals surface area contributed by atoms with Crippen molar-refractivity contribution in [3.63, 3.8) is 0 Å². The summed E-state index contributed by atoms with van der Waals surface area (Å²) in [6, 6.07) is 63.2. The highest BCUT2D eigenvalue weighted by Crippen LogP contribution is 2.47. The second kappa shape index (κ2) is 19.3. The number of nitrogens with zero attached hydrogens (tertiary/aromatic N) is 1. The molecule has 54 heavy (non-hydrogen) atoms. The first kappa shape index (κ1) is 39.3. The number of benzene rings is 7. The smallest absolute Gasteiger partial charge is 0.0684 e. The van der Waals surface area contributed by atoms with Gasteiger partial charge in [-0.25, -0.2) is 0 Å². The number of thiophene rings is 1. The van der Waals surface area contributed by atoms with Crippen LogP contribution in [0.4, 0.5) is 0 Å². The van der Waals surface area contributed by atoms with Gasteiger partial charge in [-0.3, -0.25) is 5.41 Å². The molecule has 0 bridgehead atoms. The Balaban J connectivity index is 0.000000184. The fraction of sp³-hybridized carbons (Fsp3) is 0.137. The second-order valence-corrected chi connectivity index (χ2v) is 14.6. The van der Waals surface area contributed by atoms with Crippen molar-refractivity contribution in [3.05, 3.63) is 215 Å². The molecule has 8 aromatic rings. The van der Waals surface area contributed by atoms with Gasteiger partial charge in [0.05, 0.1) is 5.71 Å². The molecule has 1 aromatic heterocycles. The van der Waals surface area contributed by atoms with Gasteiger partial charge in [0.25, 0.3) is 0 Å². The Labute approximate surface area is 326 Å². The molecule has 0 saturated heterocycles. The maximum Gasteiger partial charge on any atom is 0.0684 e. The number of hydrogen-bond donors (Lipinski definition) is 1. The molecule has 7 aromatic carbocycles. The molecule has 8 rings (SSSR count). The number of fused-ring (bicyclic) bond motifs is 3. The van der Waals surface area contributed by atoms with Gasteiger partial charge in [-0.05, 0) is 65.1 Å². The van der Waals surface area contributed by atoms with E-state index in [2.05, 4.69) is 155 Å². The fourth-order valence-electron chi connectivity index (χ4n) is 6.47. The van der Waals surface area contributed by atoms with Crippen LogP contribution in [0.5, 0.6) is 0 Å². The van der Waals surface area contributed by atoms with Gasteiger partial charge in [-0.15, -0.1) is 11.3 Å². The Morgan fingerprint density at radius 1 is 0.611 bits per heavy atom. The third-order valence-electron chi connectivity index (χ3n) is 9.41. The van der Waals surface area contributed by atoms with Crippen LogP contribution >= 0.6 is 11.3 Å². The lowest BCUT2D eigenvalue weighted by Crippen LogP contribution is -2.20. The summed E-state index contributed by atoms with van der Waals surface area (Å²) in [5, 5.41) is 10.7. The van der Waals surface area contributed by atoms with Crippen LogP contribution in [0.2, 0.25) is 0 Å². The summed E-state index contributed by atoms with van der Waals surface area (Å²) in [5.74, 6) is 0. The molecule has 1 N–H and O–H groups in total. The van der Waals surface area contributed by atoms with Crippen molar-refractivity contribution in [2.75, 3.05) is 7.05 Å². The van der Waals surface area contributed by atoms with Crippen molar-refractivity contribution < 1.29 is 0 Å². The van der Waals surface area contributed by atoms with Crippen LogP contribution in [0.1, 0.15) is 54.2 Å². The van der Waals surface area contributed by atoms with Crippen molar-refractivity contribution >= 4 is 43.9 Å². The van der Waals surface area contributed by atoms with E-state index in [4.69, 9.17) is 5.41 Å². The zero-order valence-electron chi connectivity index (χ0n) is 32.1. The third kappa shape index (κ3) is 9.74. The highest BCUT2D eigenvalue weighted by molar-refractivity contribution is 7.26. The van der Waals surface area contributed by atoms with E-state index < -0.39 is 0 Å². The highest BCUT2D eigenvalue weighted by Gasteiger charge is 2.29. The van der Waals surface area contributed by atoms with Crippen LogP contribution in [0.25, 0.3) is 31.3 Å². The lowest BCUT2D eigenvalue weighted by Gasteiger charge is -2.29. The first-order chi connectivity index (χ1) is 26.3. The van der Waals surface area contributed by atoms with E-state index in [0.29, 0.717) is 5.71 Å². The van der Waals surface area contributed by atoms with Crippen LogP contribution < -0.4 is 0 Å². The molecule has 2 nitrogen and oxygen atoms in total. The van der Waals surface area contributed by atoms with Gasteiger partial charge in [0.2, 0.25) is 0 Å². The van der Waals surface area contributed by atoms with Crippen LogP contribution in [0, 0.1) is 12.3 Å². The van der Waals surface area contributed by atoms with E-state index in [0.717, 1.165) is 17.5 Å². The van der Waals surface area contributed by atoms with Crippen molar-refractivity contribution in [2.24, 2.45) is 4.99 Å². The Morgan fingerprint density at radius 2 is 1.09 bits per heavy atom. The molecular weight excluding hydrogens is 673 g/mol. The van der Waals surface area contributed by atoms with Crippen LogP contribution in [-0.2, 0) is 11.8 Å². The number of rotatable bonds is 6. The third-order valence-corrected chi connectivity index (χ3v) is 10.6. The highest BCUT2D eigenvalue weighted by atomic mass is 32.1. The van der Waals surface area contributed by atoms with Gasteiger partial charge in [-0.2, -0.15) is 0 Å². The summed E-state index contributed by atoms with van der Waals surface area (Å²) < 4.78 is 2.76. The molecule has 0 spiro atoms. The quantitative estimate of drug-likeness (QED) is 0.166. The largest absolute Gasteiger partial charge is 0.304 e. The normalized spacial score (nSPS) is 10.5. The van der Waals surface area contributed by atoms with Gasteiger partial charge in [0.15, 0.2) is 0 Å². The molecule has 0 aliphatic heterocycles. The summed E-state index contributed by atoms with van der Waals surface area (Å²) in [7, 11) is 1.64. The summed E-state index contributed by atoms with van der Waals surface area (Å²) in [4.78, 5) is 3.25. The van der Waals surface area contributed by atoms with E-state index in [1.165, 1.54) is 53.6 Å². The SMILES string of the molecule is C=NC.CCc1ccccc1.Cc1ccc(-c2ccc3c(sc4ccccc43)c2C(C)(C)c2ccccc2)cc1.N=C(c1ccccc1)c1ccccc1. The van der Waals surface area contributed by atoms with E-state index in [9.17, 15) is 0 Å². The molecule has 0 radical (unpaired) electrons. The van der Waals surface area contributed by atoms with Gasteiger partial charge in [-0.1, -0.05) is 202 Å². The van der Waals surface area contributed by atoms with Gasteiger partial charge in [0, 0.05) is 32.6 Å². The molecule has 1 heterocycles. The average Bonchev–Trinajstić information content (AvgIpc) is 3.61. The maximum absolute atomic E-state index is 7.97. The first-order valence-electron chi connectivity index (χ1n) is 18.4. The van der Waals surface area contributed by atoms with Crippen LogP contribution in [0.15, 0.2) is 187 Å². The fourth-order valence-corrected chi connectivity index (χ4v) is 7.88. The van der Waals surface area contributed by atoms with Gasteiger partial charge in [0.1, 0.15) is 0 Å². The van der Waals surface area contributed by atoms with Crippen molar-refractivity contribution in [1.82, 2.24) is 0 Å².